The highest BCUT2D eigenvalue weighted by molar-refractivity contribution is 9.10. The minimum Gasteiger partial charge on any atom is -0.391 e. The summed E-state index contributed by atoms with van der Waals surface area (Å²) in [6.07, 6.45) is 5.89. The third-order valence-electron chi connectivity index (χ3n) is 3.59. The van der Waals surface area contributed by atoms with E-state index in [0.29, 0.717) is 0 Å². The maximum Gasteiger partial charge on any atom is 0.0961 e. The first-order valence-electron chi connectivity index (χ1n) is 6.06. The van der Waals surface area contributed by atoms with Gasteiger partial charge in [0, 0.05) is 4.47 Å². The van der Waals surface area contributed by atoms with E-state index in [1.807, 2.05) is 18.5 Å². The summed E-state index contributed by atoms with van der Waals surface area (Å²) < 4.78 is 3.18. The Balaban J connectivity index is 2.07. The van der Waals surface area contributed by atoms with Crippen LogP contribution in [0, 0.1) is 0 Å². The number of aliphatic hydroxyl groups excluding tert-OH is 1. The second-order valence-electron chi connectivity index (χ2n) is 4.70. The fourth-order valence-corrected chi connectivity index (χ4v) is 3.03. The van der Waals surface area contributed by atoms with Gasteiger partial charge in [0.05, 0.1) is 29.5 Å². The van der Waals surface area contributed by atoms with Crippen molar-refractivity contribution in [3.05, 3.63) is 29.0 Å². The van der Waals surface area contributed by atoms with Gasteiger partial charge in [0.15, 0.2) is 0 Å². The summed E-state index contributed by atoms with van der Waals surface area (Å²) in [4.78, 5) is 4.40. The van der Waals surface area contributed by atoms with E-state index in [0.717, 1.165) is 34.8 Å². The van der Waals surface area contributed by atoms with Crippen molar-refractivity contribution < 1.29 is 5.11 Å². The number of nitrogens with zero attached hydrogens (tertiary/aromatic N) is 2. The van der Waals surface area contributed by atoms with Gasteiger partial charge in [-0.15, -0.1) is 0 Å². The average molecular weight is 295 g/mol. The molecule has 3 nitrogen and oxygen atoms in total. The Kier molecular flexibility index (Phi) is 2.92. The smallest absolute Gasteiger partial charge is 0.0961 e. The van der Waals surface area contributed by atoms with Gasteiger partial charge in [0.1, 0.15) is 0 Å². The van der Waals surface area contributed by atoms with Crippen molar-refractivity contribution >= 4 is 27.0 Å². The number of imidazole rings is 1. The predicted octanol–water partition coefficient (Wildman–Crippen LogP) is 3.27. The minimum absolute atomic E-state index is 0.183. The highest BCUT2D eigenvalue weighted by atomic mass is 79.9. The Bertz CT molecular complexity index is 537. The SMILES string of the molecule is O[C@H]1CCCC[C@@H]1n1cnc2ccc(Br)cc21. The lowest BCUT2D eigenvalue weighted by Gasteiger charge is -2.29. The summed E-state index contributed by atoms with van der Waals surface area (Å²) >= 11 is 3.49. The van der Waals surface area contributed by atoms with Crippen LogP contribution in [-0.4, -0.2) is 20.8 Å². The molecule has 0 saturated heterocycles. The lowest BCUT2D eigenvalue weighted by molar-refractivity contribution is 0.0773. The van der Waals surface area contributed by atoms with Gasteiger partial charge in [-0.1, -0.05) is 28.8 Å². The largest absolute Gasteiger partial charge is 0.391 e. The van der Waals surface area contributed by atoms with Crippen LogP contribution in [0.5, 0.6) is 0 Å². The normalized spacial score (nSPS) is 25.3. The molecule has 1 aliphatic rings. The first-order chi connectivity index (χ1) is 8.25. The predicted molar refractivity (Wildman–Crippen MR) is 70.9 cm³/mol. The van der Waals surface area contributed by atoms with Gasteiger partial charge in [-0.2, -0.15) is 0 Å². The first-order valence-corrected chi connectivity index (χ1v) is 6.85. The van der Waals surface area contributed by atoms with E-state index >= 15 is 0 Å². The number of rotatable bonds is 1. The Morgan fingerprint density at radius 1 is 1.29 bits per heavy atom. The summed E-state index contributed by atoms with van der Waals surface area (Å²) in [6, 6.07) is 6.26. The van der Waals surface area contributed by atoms with E-state index in [2.05, 4.69) is 31.5 Å². The molecule has 4 heteroatoms. The number of hydrogen-bond donors (Lipinski definition) is 1. The van der Waals surface area contributed by atoms with Crippen LogP contribution in [0.2, 0.25) is 0 Å². The number of hydrogen-bond acceptors (Lipinski definition) is 2. The van der Waals surface area contributed by atoms with Crippen molar-refractivity contribution in [1.29, 1.82) is 0 Å². The lowest BCUT2D eigenvalue weighted by Crippen LogP contribution is -2.27. The summed E-state index contributed by atoms with van der Waals surface area (Å²) in [5.41, 5.74) is 2.09. The van der Waals surface area contributed by atoms with Gasteiger partial charge >= 0.3 is 0 Å². The third kappa shape index (κ3) is 2.00. The molecule has 1 fully saturated rings. The van der Waals surface area contributed by atoms with E-state index in [-0.39, 0.29) is 12.1 Å². The summed E-state index contributed by atoms with van der Waals surface area (Å²) in [6.45, 7) is 0. The zero-order chi connectivity index (χ0) is 11.8. The fourth-order valence-electron chi connectivity index (χ4n) is 2.68. The van der Waals surface area contributed by atoms with Gasteiger partial charge in [-0.05, 0) is 31.0 Å². The van der Waals surface area contributed by atoms with Gasteiger partial charge in [-0.3, -0.25) is 0 Å². The summed E-state index contributed by atoms with van der Waals surface area (Å²) in [5, 5.41) is 10.1. The van der Waals surface area contributed by atoms with Crippen molar-refractivity contribution in [2.24, 2.45) is 0 Å². The molecule has 0 radical (unpaired) electrons. The molecule has 1 aromatic heterocycles. The molecule has 0 bridgehead atoms. The summed E-state index contributed by atoms with van der Waals surface area (Å²) in [5.74, 6) is 0. The van der Waals surface area contributed by atoms with E-state index in [4.69, 9.17) is 0 Å². The molecule has 1 N–H and O–H groups in total. The van der Waals surface area contributed by atoms with Crippen LogP contribution < -0.4 is 0 Å². The second-order valence-corrected chi connectivity index (χ2v) is 5.62. The number of benzene rings is 1. The molecule has 1 aliphatic carbocycles. The molecular formula is C13H15BrN2O. The zero-order valence-electron chi connectivity index (χ0n) is 9.51. The van der Waals surface area contributed by atoms with Crippen LogP contribution in [0.3, 0.4) is 0 Å². The molecule has 0 amide bonds. The molecule has 17 heavy (non-hydrogen) atoms. The summed E-state index contributed by atoms with van der Waals surface area (Å²) in [7, 11) is 0. The molecule has 0 unspecified atom stereocenters. The lowest BCUT2D eigenvalue weighted by atomic mass is 9.92. The number of aliphatic hydroxyl groups is 1. The van der Waals surface area contributed by atoms with Crippen molar-refractivity contribution in [2.75, 3.05) is 0 Å². The van der Waals surface area contributed by atoms with Crippen molar-refractivity contribution in [2.45, 2.75) is 37.8 Å². The molecule has 2 aromatic rings. The molecule has 1 heterocycles. The first kappa shape index (κ1) is 11.2. The van der Waals surface area contributed by atoms with E-state index in [9.17, 15) is 5.11 Å². The Morgan fingerprint density at radius 3 is 2.94 bits per heavy atom. The number of fused-ring (bicyclic) bond motifs is 1. The molecular weight excluding hydrogens is 280 g/mol. The van der Waals surface area contributed by atoms with Crippen LogP contribution in [0.4, 0.5) is 0 Å². The molecule has 2 atom stereocenters. The average Bonchev–Trinajstić information content (AvgIpc) is 2.72. The van der Waals surface area contributed by atoms with Crippen molar-refractivity contribution in [3.8, 4) is 0 Å². The Labute approximate surface area is 109 Å². The van der Waals surface area contributed by atoms with Crippen LogP contribution >= 0.6 is 15.9 Å². The molecule has 1 aromatic carbocycles. The maximum absolute atomic E-state index is 10.1. The molecule has 90 valence electrons. The minimum atomic E-state index is -0.236. The number of halogens is 1. The van der Waals surface area contributed by atoms with E-state index in [1.165, 1.54) is 6.42 Å². The van der Waals surface area contributed by atoms with Gasteiger partial charge in [-0.25, -0.2) is 4.98 Å². The van der Waals surface area contributed by atoms with E-state index < -0.39 is 0 Å². The topological polar surface area (TPSA) is 38.0 Å². The highest BCUT2D eigenvalue weighted by Crippen LogP contribution is 2.31. The highest BCUT2D eigenvalue weighted by Gasteiger charge is 2.25. The van der Waals surface area contributed by atoms with Gasteiger partial charge in [0.2, 0.25) is 0 Å². The molecule has 0 aliphatic heterocycles. The monoisotopic (exact) mass is 294 g/mol. The quantitative estimate of drug-likeness (QED) is 0.876. The van der Waals surface area contributed by atoms with Crippen LogP contribution in [-0.2, 0) is 0 Å². The van der Waals surface area contributed by atoms with Crippen LogP contribution in [0.25, 0.3) is 11.0 Å². The Hall–Kier alpha value is -0.870. The van der Waals surface area contributed by atoms with Crippen molar-refractivity contribution in [1.82, 2.24) is 9.55 Å². The van der Waals surface area contributed by atoms with Crippen LogP contribution in [0.15, 0.2) is 29.0 Å². The maximum atomic E-state index is 10.1. The Morgan fingerprint density at radius 2 is 2.12 bits per heavy atom. The molecule has 3 rings (SSSR count). The fraction of sp³-hybridized carbons (Fsp3) is 0.462. The molecule has 0 spiro atoms. The van der Waals surface area contributed by atoms with Crippen molar-refractivity contribution in [3.63, 3.8) is 0 Å². The standard InChI is InChI=1S/C13H15BrN2O/c14-9-5-6-10-12(7-9)16(8-15-10)11-3-1-2-4-13(11)17/h5-8,11,13,17H,1-4H2/t11-,13-/m0/s1. The van der Waals surface area contributed by atoms with Gasteiger partial charge < -0.3 is 9.67 Å². The van der Waals surface area contributed by atoms with E-state index in [1.54, 1.807) is 0 Å². The van der Waals surface area contributed by atoms with Crippen LogP contribution in [0.1, 0.15) is 31.7 Å². The molecule has 1 saturated carbocycles. The number of aromatic nitrogens is 2. The third-order valence-corrected chi connectivity index (χ3v) is 4.08. The van der Waals surface area contributed by atoms with Gasteiger partial charge in [0.25, 0.3) is 0 Å². The second kappa shape index (κ2) is 4.42. The zero-order valence-corrected chi connectivity index (χ0v) is 11.1.